The first-order valence-corrected chi connectivity index (χ1v) is 10.0. The normalized spacial score (nSPS) is 12.8. The van der Waals surface area contributed by atoms with Gasteiger partial charge >= 0.3 is 0 Å². The number of rotatable bonds is 4. The number of hydrogen-bond donors (Lipinski definition) is 1. The average Bonchev–Trinajstić information content (AvgIpc) is 3.40. The molecule has 0 spiro atoms. The molecule has 7 nitrogen and oxygen atoms in total. The number of nitrogens with zero attached hydrogens (tertiary/aromatic N) is 4. The quantitative estimate of drug-likeness (QED) is 0.572. The fourth-order valence-electron chi connectivity index (χ4n) is 4.06. The van der Waals surface area contributed by atoms with Gasteiger partial charge < -0.3 is 9.88 Å². The zero-order valence-corrected chi connectivity index (χ0v) is 16.6. The van der Waals surface area contributed by atoms with Crippen molar-refractivity contribution in [1.29, 1.82) is 0 Å². The van der Waals surface area contributed by atoms with Crippen LogP contribution in [0.4, 0.5) is 5.69 Å². The maximum Gasteiger partial charge on any atom is 0.279 e. The van der Waals surface area contributed by atoms with E-state index in [1.54, 1.807) is 0 Å². The summed E-state index contributed by atoms with van der Waals surface area (Å²) in [5, 5.41) is 7.41. The number of amides is 1. The topological polar surface area (TPSA) is 81.3 Å². The molecule has 0 fully saturated rings. The van der Waals surface area contributed by atoms with Crippen molar-refractivity contribution in [3.05, 3.63) is 81.8 Å². The van der Waals surface area contributed by atoms with Crippen LogP contribution in [0.2, 0.25) is 0 Å². The molecule has 5 rings (SSSR count). The molecule has 0 saturated carbocycles. The van der Waals surface area contributed by atoms with Gasteiger partial charge in [-0.25, -0.2) is 0 Å². The van der Waals surface area contributed by atoms with Crippen LogP contribution in [0.1, 0.15) is 23.2 Å². The molecule has 150 valence electrons. The molecule has 2 aromatic heterocycles. The third-order valence-corrected chi connectivity index (χ3v) is 5.43. The molecule has 0 aliphatic heterocycles. The van der Waals surface area contributed by atoms with Gasteiger partial charge in [0, 0.05) is 22.5 Å². The highest BCUT2D eigenvalue weighted by Crippen LogP contribution is 2.22. The minimum absolute atomic E-state index is 0.0764. The van der Waals surface area contributed by atoms with Crippen LogP contribution in [-0.2, 0) is 24.2 Å². The molecule has 30 heavy (non-hydrogen) atoms. The number of carbonyl (C=O) groups excluding carboxylic acids is 1. The van der Waals surface area contributed by atoms with E-state index in [9.17, 15) is 9.59 Å². The first kappa shape index (κ1) is 18.3. The summed E-state index contributed by atoms with van der Waals surface area (Å²) in [7, 11) is 0. The average molecular weight is 399 g/mol. The van der Waals surface area contributed by atoms with Crippen LogP contribution in [0.3, 0.4) is 0 Å². The molecule has 4 aromatic rings. The van der Waals surface area contributed by atoms with E-state index in [2.05, 4.69) is 15.4 Å². The summed E-state index contributed by atoms with van der Waals surface area (Å²) in [6.45, 7) is 2.06. The lowest BCUT2D eigenvalue weighted by Gasteiger charge is -2.14. The molecular formula is C23H21N5O2. The molecule has 2 aromatic carbocycles. The van der Waals surface area contributed by atoms with Crippen molar-refractivity contribution in [2.45, 2.75) is 32.7 Å². The molecule has 1 N–H and O–H groups in total. The van der Waals surface area contributed by atoms with Crippen LogP contribution < -0.4 is 10.9 Å². The van der Waals surface area contributed by atoms with Crippen molar-refractivity contribution in [3.8, 4) is 11.4 Å². The lowest BCUT2D eigenvalue weighted by Crippen LogP contribution is -2.28. The van der Waals surface area contributed by atoms with Crippen LogP contribution in [0.25, 0.3) is 17.2 Å². The summed E-state index contributed by atoms with van der Waals surface area (Å²) in [5.74, 6) is 0.715. The summed E-state index contributed by atoms with van der Waals surface area (Å²) in [6, 6.07) is 17.2. The number of hydrogen-bond acceptors (Lipinski definition) is 4. The highest BCUT2D eigenvalue weighted by molar-refractivity contribution is 5.91. The number of aromatic nitrogens is 4. The maximum absolute atomic E-state index is 13.0. The Balaban J connectivity index is 1.58. The summed E-state index contributed by atoms with van der Waals surface area (Å²) in [5.41, 5.74) is 4.14. The fraction of sp³-hybridized carbons (Fsp3) is 0.217. The molecule has 0 bridgehead atoms. The third-order valence-electron chi connectivity index (χ3n) is 5.43. The van der Waals surface area contributed by atoms with Crippen molar-refractivity contribution >= 4 is 17.4 Å². The lowest BCUT2D eigenvalue weighted by molar-refractivity contribution is -0.116. The van der Waals surface area contributed by atoms with Crippen LogP contribution in [-0.4, -0.2) is 25.1 Å². The monoisotopic (exact) mass is 399 g/mol. The summed E-state index contributed by atoms with van der Waals surface area (Å²) in [4.78, 5) is 30.4. The van der Waals surface area contributed by atoms with Gasteiger partial charge in [0.2, 0.25) is 11.7 Å². The Morgan fingerprint density at radius 3 is 2.73 bits per heavy atom. The second kappa shape index (κ2) is 7.26. The first-order chi connectivity index (χ1) is 14.6. The summed E-state index contributed by atoms with van der Waals surface area (Å²) >= 11 is 0. The lowest BCUT2D eigenvalue weighted by atomic mass is 10.2. The van der Waals surface area contributed by atoms with E-state index in [0.29, 0.717) is 18.0 Å². The Morgan fingerprint density at radius 2 is 1.93 bits per heavy atom. The van der Waals surface area contributed by atoms with Crippen molar-refractivity contribution in [3.63, 3.8) is 0 Å². The van der Waals surface area contributed by atoms with Gasteiger partial charge in [-0.2, -0.15) is 9.50 Å². The largest absolute Gasteiger partial charge is 0.325 e. The Labute approximate surface area is 173 Å². The van der Waals surface area contributed by atoms with Crippen LogP contribution >= 0.6 is 0 Å². The van der Waals surface area contributed by atoms with Gasteiger partial charge in [-0.3, -0.25) is 9.59 Å². The first-order valence-electron chi connectivity index (χ1n) is 10.0. The highest BCUT2D eigenvalue weighted by Gasteiger charge is 2.25. The number of nitrogens with one attached hydrogen (secondary N) is 1. The minimum Gasteiger partial charge on any atom is -0.325 e. The van der Waals surface area contributed by atoms with Crippen molar-refractivity contribution < 1.29 is 4.79 Å². The maximum atomic E-state index is 13.0. The smallest absolute Gasteiger partial charge is 0.279 e. The third kappa shape index (κ3) is 3.18. The number of carbonyl (C=O) groups is 1. The number of aryl methyl sites for hydroxylation is 1. The van der Waals surface area contributed by atoms with E-state index < -0.39 is 0 Å². The van der Waals surface area contributed by atoms with Gasteiger partial charge in [-0.1, -0.05) is 42.5 Å². The zero-order chi connectivity index (χ0) is 20.7. The van der Waals surface area contributed by atoms with Gasteiger partial charge in [-0.15, -0.1) is 5.10 Å². The molecule has 7 heteroatoms. The highest BCUT2D eigenvalue weighted by atomic mass is 16.2. The van der Waals surface area contributed by atoms with Gasteiger partial charge in [0.1, 0.15) is 6.54 Å². The van der Waals surface area contributed by atoms with Crippen molar-refractivity contribution in [1.82, 2.24) is 19.2 Å². The van der Waals surface area contributed by atoms with E-state index in [1.807, 2.05) is 66.1 Å². The van der Waals surface area contributed by atoms with Crippen molar-refractivity contribution in [2.75, 3.05) is 5.32 Å². The van der Waals surface area contributed by atoms with Crippen LogP contribution in [0.15, 0.2) is 59.4 Å². The van der Waals surface area contributed by atoms with Gasteiger partial charge in [0.15, 0.2) is 5.82 Å². The van der Waals surface area contributed by atoms with Gasteiger partial charge in [0.05, 0.1) is 0 Å². The van der Waals surface area contributed by atoms with Crippen LogP contribution in [0, 0.1) is 6.92 Å². The van der Waals surface area contributed by atoms with E-state index in [-0.39, 0.29) is 18.0 Å². The molecule has 0 saturated heterocycles. The van der Waals surface area contributed by atoms with Gasteiger partial charge in [0.25, 0.3) is 5.56 Å². The molecule has 1 aliphatic rings. The predicted octanol–water partition coefficient (Wildman–Crippen LogP) is 2.99. The predicted molar refractivity (Wildman–Crippen MR) is 115 cm³/mol. The SMILES string of the molecule is Cc1cccc(NC(=O)Cn2c3c(c(=O)n4nc(-c5ccccc5)nc24)CCC3)c1. The Morgan fingerprint density at radius 1 is 1.10 bits per heavy atom. The molecule has 0 unspecified atom stereocenters. The fourth-order valence-corrected chi connectivity index (χ4v) is 4.06. The van der Waals surface area contributed by atoms with E-state index in [1.165, 1.54) is 4.52 Å². The Kier molecular flexibility index (Phi) is 4.43. The number of fused-ring (bicyclic) bond motifs is 2. The molecule has 1 amide bonds. The second-order valence-electron chi connectivity index (χ2n) is 7.60. The molecule has 0 atom stereocenters. The standard InChI is InChI=1S/C23H21N5O2/c1-15-7-5-10-17(13-15)24-20(29)14-27-19-12-6-11-18(19)22(30)28-23(27)25-21(26-28)16-8-3-2-4-9-16/h2-5,7-10,13H,6,11-12,14H2,1H3,(H,24,29). The Bertz CT molecular complexity index is 1320. The minimum atomic E-state index is -0.162. The molecule has 2 heterocycles. The van der Waals surface area contributed by atoms with Crippen LogP contribution in [0.5, 0.6) is 0 Å². The zero-order valence-electron chi connectivity index (χ0n) is 16.6. The van der Waals surface area contributed by atoms with Gasteiger partial charge in [-0.05, 0) is 43.9 Å². The summed E-state index contributed by atoms with van der Waals surface area (Å²) in [6.07, 6.45) is 2.35. The van der Waals surface area contributed by atoms with Crippen molar-refractivity contribution in [2.24, 2.45) is 0 Å². The molecule has 1 aliphatic carbocycles. The summed E-state index contributed by atoms with van der Waals surface area (Å²) < 4.78 is 3.18. The van der Waals surface area contributed by atoms with E-state index >= 15 is 0 Å². The number of anilines is 1. The van der Waals surface area contributed by atoms with E-state index in [0.717, 1.165) is 40.9 Å². The molecular weight excluding hydrogens is 378 g/mol. The van der Waals surface area contributed by atoms with E-state index in [4.69, 9.17) is 0 Å². The second-order valence-corrected chi connectivity index (χ2v) is 7.60. The number of benzene rings is 2. The Hall–Kier alpha value is -3.74. The molecule has 0 radical (unpaired) electrons.